The molecule has 0 radical (unpaired) electrons. The van der Waals surface area contributed by atoms with Crippen molar-refractivity contribution in [2.45, 2.75) is 18.0 Å². The number of sulfonamides is 1. The van der Waals surface area contributed by atoms with Crippen molar-refractivity contribution in [1.82, 2.24) is 14.1 Å². The van der Waals surface area contributed by atoms with Crippen LogP contribution in [-0.4, -0.2) is 61.2 Å². The Labute approximate surface area is 193 Å². The molecule has 1 fully saturated rings. The van der Waals surface area contributed by atoms with Crippen LogP contribution in [0.3, 0.4) is 0 Å². The largest absolute Gasteiger partial charge is 0.467 e. The van der Waals surface area contributed by atoms with Gasteiger partial charge in [0.2, 0.25) is 15.9 Å². The lowest BCUT2D eigenvalue weighted by Crippen LogP contribution is -2.51. The van der Waals surface area contributed by atoms with E-state index in [4.69, 9.17) is 4.42 Å². The number of halogens is 1. The number of nitrogens with zero attached hydrogens (tertiary/aromatic N) is 3. The van der Waals surface area contributed by atoms with Crippen LogP contribution in [0.5, 0.6) is 0 Å². The molecule has 2 aromatic carbocycles. The Hall–Kier alpha value is -3.01. The third-order valence-corrected chi connectivity index (χ3v) is 7.51. The van der Waals surface area contributed by atoms with Crippen LogP contribution in [0, 0.1) is 5.82 Å². The summed E-state index contributed by atoms with van der Waals surface area (Å²) in [5.41, 5.74) is 1.02. The van der Waals surface area contributed by atoms with Crippen molar-refractivity contribution >= 4 is 15.9 Å². The average Bonchev–Trinajstić information content (AvgIpc) is 3.33. The van der Waals surface area contributed by atoms with Crippen LogP contribution in [0.2, 0.25) is 0 Å². The number of hydrogen-bond donors (Lipinski definition) is 0. The number of amides is 1. The van der Waals surface area contributed by atoms with Gasteiger partial charge in [-0.1, -0.05) is 36.4 Å². The highest BCUT2D eigenvalue weighted by molar-refractivity contribution is 7.89. The first kappa shape index (κ1) is 23.2. The molecule has 0 spiro atoms. The Bertz CT molecular complexity index is 1160. The molecule has 33 heavy (non-hydrogen) atoms. The molecule has 1 saturated heterocycles. The standard InChI is InChI=1S/C24H26FN3O4S/c25-21-8-4-10-23(16-21)33(30,31)28-13-11-26(12-14-28)19-24(29)27(18-22-9-5-15-32-22)17-20-6-2-1-3-7-20/h1-10,15-16H,11-14,17-19H2. The predicted octanol–water partition coefficient (Wildman–Crippen LogP) is 2.95. The maximum atomic E-state index is 13.5. The molecule has 7 nitrogen and oxygen atoms in total. The van der Waals surface area contributed by atoms with Gasteiger partial charge in [-0.25, -0.2) is 12.8 Å². The van der Waals surface area contributed by atoms with Gasteiger partial charge in [-0.15, -0.1) is 0 Å². The number of hydrogen-bond acceptors (Lipinski definition) is 5. The lowest BCUT2D eigenvalue weighted by atomic mass is 10.2. The fourth-order valence-electron chi connectivity index (χ4n) is 3.82. The molecular weight excluding hydrogens is 445 g/mol. The molecule has 0 aliphatic carbocycles. The van der Waals surface area contributed by atoms with Crippen molar-refractivity contribution in [1.29, 1.82) is 0 Å². The minimum absolute atomic E-state index is 0.0560. The molecule has 0 unspecified atom stereocenters. The van der Waals surface area contributed by atoms with Crippen molar-refractivity contribution in [2.24, 2.45) is 0 Å². The summed E-state index contributed by atoms with van der Waals surface area (Å²) in [5.74, 6) is 0.0531. The third-order valence-electron chi connectivity index (χ3n) is 5.62. The molecule has 0 saturated carbocycles. The first-order valence-electron chi connectivity index (χ1n) is 10.7. The molecule has 174 valence electrons. The SMILES string of the molecule is O=C(CN1CCN(S(=O)(=O)c2cccc(F)c2)CC1)N(Cc1ccccc1)Cc1ccco1. The third kappa shape index (κ3) is 5.87. The van der Waals surface area contributed by atoms with Gasteiger partial charge in [0.25, 0.3) is 0 Å². The van der Waals surface area contributed by atoms with Crippen molar-refractivity contribution in [3.8, 4) is 0 Å². The average molecular weight is 472 g/mol. The number of benzene rings is 2. The fourth-order valence-corrected chi connectivity index (χ4v) is 5.28. The van der Waals surface area contributed by atoms with Gasteiger partial charge in [0.1, 0.15) is 11.6 Å². The van der Waals surface area contributed by atoms with Gasteiger partial charge in [-0.05, 0) is 35.9 Å². The van der Waals surface area contributed by atoms with Gasteiger partial charge in [0.05, 0.1) is 24.2 Å². The first-order valence-corrected chi connectivity index (χ1v) is 12.2. The minimum Gasteiger partial charge on any atom is -0.467 e. The number of rotatable bonds is 8. The quantitative estimate of drug-likeness (QED) is 0.505. The van der Waals surface area contributed by atoms with Crippen molar-refractivity contribution in [2.75, 3.05) is 32.7 Å². The first-order chi connectivity index (χ1) is 15.9. The van der Waals surface area contributed by atoms with E-state index in [1.54, 1.807) is 17.2 Å². The zero-order chi connectivity index (χ0) is 23.3. The van der Waals surface area contributed by atoms with E-state index in [0.29, 0.717) is 31.9 Å². The minimum atomic E-state index is -3.77. The highest BCUT2D eigenvalue weighted by Gasteiger charge is 2.30. The zero-order valence-electron chi connectivity index (χ0n) is 18.1. The number of piperazine rings is 1. The van der Waals surface area contributed by atoms with Crippen LogP contribution < -0.4 is 0 Å². The fraction of sp³-hybridized carbons (Fsp3) is 0.292. The lowest BCUT2D eigenvalue weighted by Gasteiger charge is -2.34. The van der Waals surface area contributed by atoms with Crippen LogP contribution >= 0.6 is 0 Å². The van der Waals surface area contributed by atoms with Crippen LogP contribution in [0.4, 0.5) is 4.39 Å². The lowest BCUT2D eigenvalue weighted by molar-refractivity contribution is -0.134. The second-order valence-electron chi connectivity index (χ2n) is 7.95. The molecule has 1 aliphatic heterocycles. The Morgan fingerprint density at radius 3 is 2.36 bits per heavy atom. The molecule has 0 atom stereocenters. The van der Waals surface area contributed by atoms with E-state index in [0.717, 1.165) is 11.6 Å². The van der Waals surface area contributed by atoms with Gasteiger partial charge in [0.15, 0.2) is 0 Å². The summed E-state index contributed by atoms with van der Waals surface area (Å²) in [6, 6.07) is 18.4. The molecule has 2 heterocycles. The Morgan fingerprint density at radius 2 is 1.70 bits per heavy atom. The second-order valence-corrected chi connectivity index (χ2v) is 9.89. The Kier molecular flexibility index (Phi) is 7.22. The molecule has 1 aromatic heterocycles. The van der Waals surface area contributed by atoms with Gasteiger partial charge in [-0.3, -0.25) is 9.69 Å². The van der Waals surface area contributed by atoms with E-state index in [1.807, 2.05) is 41.3 Å². The maximum absolute atomic E-state index is 13.5. The van der Waals surface area contributed by atoms with Crippen LogP contribution in [0.25, 0.3) is 0 Å². The molecule has 3 aromatic rings. The topological polar surface area (TPSA) is 74.1 Å². The van der Waals surface area contributed by atoms with E-state index < -0.39 is 15.8 Å². The summed E-state index contributed by atoms with van der Waals surface area (Å²) >= 11 is 0. The van der Waals surface area contributed by atoms with E-state index >= 15 is 0 Å². The van der Waals surface area contributed by atoms with E-state index in [9.17, 15) is 17.6 Å². The smallest absolute Gasteiger partial charge is 0.243 e. The van der Waals surface area contributed by atoms with Gasteiger partial charge >= 0.3 is 0 Å². The van der Waals surface area contributed by atoms with Gasteiger partial charge in [0, 0.05) is 32.7 Å². The molecule has 0 bridgehead atoms. The Morgan fingerprint density at radius 1 is 0.939 bits per heavy atom. The van der Waals surface area contributed by atoms with Gasteiger partial charge in [-0.2, -0.15) is 4.31 Å². The molecule has 0 N–H and O–H groups in total. The normalized spacial score (nSPS) is 15.4. The zero-order valence-corrected chi connectivity index (χ0v) is 19.0. The molecule has 9 heteroatoms. The van der Waals surface area contributed by atoms with Gasteiger partial charge < -0.3 is 9.32 Å². The van der Waals surface area contributed by atoms with Crippen molar-refractivity contribution < 1.29 is 22.0 Å². The summed E-state index contributed by atoms with van der Waals surface area (Å²) in [7, 11) is -3.77. The molecular formula is C24H26FN3O4S. The van der Waals surface area contributed by atoms with Crippen molar-refractivity contribution in [3.63, 3.8) is 0 Å². The van der Waals surface area contributed by atoms with E-state index in [1.165, 1.54) is 22.5 Å². The van der Waals surface area contributed by atoms with E-state index in [2.05, 4.69) is 0 Å². The number of carbonyl (C=O) groups is 1. The predicted molar refractivity (Wildman–Crippen MR) is 121 cm³/mol. The van der Waals surface area contributed by atoms with Crippen molar-refractivity contribution in [3.05, 3.63) is 90.1 Å². The molecule has 1 aliphatic rings. The monoisotopic (exact) mass is 471 g/mol. The summed E-state index contributed by atoms with van der Waals surface area (Å²) < 4.78 is 45.9. The van der Waals surface area contributed by atoms with E-state index in [-0.39, 0.29) is 30.4 Å². The van der Waals surface area contributed by atoms with Crippen LogP contribution in [0.1, 0.15) is 11.3 Å². The molecule has 4 rings (SSSR count). The Balaban J connectivity index is 1.38. The van der Waals surface area contributed by atoms with Crippen LogP contribution in [-0.2, 0) is 27.9 Å². The molecule has 1 amide bonds. The summed E-state index contributed by atoms with van der Waals surface area (Å²) in [5, 5.41) is 0. The summed E-state index contributed by atoms with van der Waals surface area (Å²) in [6.45, 7) is 2.30. The highest BCUT2D eigenvalue weighted by Crippen LogP contribution is 2.19. The highest BCUT2D eigenvalue weighted by atomic mass is 32.2. The maximum Gasteiger partial charge on any atom is 0.243 e. The number of furan rings is 1. The second kappa shape index (κ2) is 10.3. The summed E-state index contributed by atoms with van der Waals surface area (Å²) in [4.78, 5) is 16.8. The number of carbonyl (C=O) groups excluding carboxylic acids is 1. The van der Waals surface area contributed by atoms with Crippen LogP contribution in [0.15, 0.2) is 82.3 Å². The summed E-state index contributed by atoms with van der Waals surface area (Å²) in [6.07, 6.45) is 1.58.